The van der Waals surface area contributed by atoms with Crippen molar-refractivity contribution in [1.29, 1.82) is 0 Å². The zero-order chi connectivity index (χ0) is 13.3. The molecule has 0 amide bonds. The summed E-state index contributed by atoms with van der Waals surface area (Å²) in [5.74, 6) is 0. The van der Waals surface area contributed by atoms with E-state index < -0.39 is 0 Å². The van der Waals surface area contributed by atoms with Crippen LogP contribution in [-0.2, 0) is 18.4 Å². The summed E-state index contributed by atoms with van der Waals surface area (Å²) < 4.78 is 0. The molecule has 0 saturated heterocycles. The summed E-state index contributed by atoms with van der Waals surface area (Å²) in [4.78, 5) is 6.17. The molecule has 17 heavy (non-hydrogen) atoms. The van der Waals surface area contributed by atoms with Crippen molar-refractivity contribution in [2.45, 2.75) is 72.4 Å². The second-order valence-electron chi connectivity index (χ2n) is 6.60. The minimum absolute atomic E-state index is 0.161. The van der Waals surface area contributed by atoms with E-state index >= 15 is 0 Å². The van der Waals surface area contributed by atoms with E-state index in [-0.39, 0.29) is 11.0 Å². The van der Waals surface area contributed by atoms with Gasteiger partial charge in [0.15, 0.2) is 0 Å². The number of nitrogens with one attached hydrogen (secondary N) is 1. The molecular weight excluding hydrogens is 228 g/mol. The molecule has 0 bridgehead atoms. The second kappa shape index (κ2) is 5.07. The first-order valence-corrected chi connectivity index (χ1v) is 7.19. The average molecular weight is 254 g/mol. The summed E-state index contributed by atoms with van der Waals surface area (Å²) in [7, 11) is 0. The van der Waals surface area contributed by atoms with E-state index in [4.69, 9.17) is 4.98 Å². The molecule has 0 aromatic carbocycles. The van der Waals surface area contributed by atoms with Crippen LogP contribution in [0, 0.1) is 0 Å². The predicted molar refractivity (Wildman–Crippen MR) is 76.8 cm³/mol. The summed E-state index contributed by atoms with van der Waals surface area (Å²) in [5.41, 5.74) is 1.59. The quantitative estimate of drug-likeness (QED) is 0.885. The summed E-state index contributed by atoms with van der Waals surface area (Å²) in [6, 6.07) is 0. The third-order valence-electron chi connectivity index (χ3n) is 2.53. The average Bonchev–Trinajstić information content (AvgIpc) is 2.55. The Morgan fingerprint density at radius 3 is 2.12 bits per heavy atom. The highest BCUT2D eigenvalue weighted by Gasteiger charge is 2.21. The van der Waals surface area contributed by atoms with Gasteiger partial charge in [0, 0.05) is 22.4 Å². The van der Waals surface area contributed by atoms with Gasteiger partial charge in [-0.15, -0.1) is 11.3 Å². The Morgan fingerprint density at radius 1 is 1.12 bits per heavy atom. The molecule has 0 radical (unpaired) electrons. The SMILES string of the molecule is CCc1nc(C(C)(C)C)sc1CNC(C)(C)C. The Labute approximate surface area is 110 Å². The van der Waals surface area contributed by atoms with Crippen LogP contribution >= 0.6 is 11.3 Å². The monoisotopic (exact) mass is 254 g/mol. The van der Waals surface area contributed by atoms with Gasteiger partial charge >= 0.3 is 0 Å². The van der Waals surface area contributed by atoms with Crippen molar-refractivity contribution in [2.75, 3.05) is 0 Å². The van der Waals surface area contributed by atoms with Gasteiger partial charge in [0.25, 0.3) is 0 Å². The lowest BCUT2D eigenvalue weighted by molar-refractivity contribution is 0.425. The van der Waals surface area contributed by atoms with Crippen molar-refractivity contribution in [3.63, 3.8) is 0 Å². The summed E-state index contributed by atoms with van der Waals surface area (Å²) in [6.45, 7) is 16.4. The predicted octanol–water partition coefficient (Wildman–Crippen LogP) is 3.89. The van der Waals surface area contributed by atoms with Crippen LogP contribution in [0.3, 0.4) is 0 Å². The van der Waals surface area contributed by atoms with E-state index in [0.717, 1.165) is 13.0 Å². The highest BCUT2D eigenvalue weighted by molar-refractivity contribution is 7.11. The van der Waals surface area contributed by atoms with Crippen LogP contribution in [0.5, 0.6) is 0 Å². The molecule has 0 aliphatic heterocycles. The topological polar surface area (TPSA) is 24.9 Å². The molecule has 1 N–H and O–H groups in total. The summed E-state index contributed by atoms with van der Waals surface area (Å²) >= 11 is 1.86. The lowest BCUT2D eigenvalue weighted by Gasteiger charge is -2.20. The Kier molecular flexibility index (Phi) is 4.37. The van der Waals surface area contributed by atoms with Crippen LogP contribution in [-0.4, -0.2) is 10.5 Å². The third kappa shape index (κ3) is 4.40. The fourth-order valence-electron chi connectivity index (χ4n) is 1.46. The highest BCUT2D eigenvalue weighted by atomic mass is 32.1. The van der Waals surface area contributed by atoms with E-state index in [1.165, 1.54) is 15.6 Å². The van der Waals surface area contributed by atoms with E-state index in [1.54, 1.807) is 0 Å². The number of hydrogen-bond donors (Lipinski definition) is 1. The smallest absolute Gasteiger partial charge is 0.0985 e. The molecule has 0 aliphatic rings. The molecule has 0 saturated carbocycles. The molecule has 98 valence electrons. The largest absolute Gasteiger partial charge is 0.307 e. The maximum Gasteiger partial charge on any atom is 0.0985 e. The van der Waals surface area contributed by atoms with Gasteiger partial charge in [0.1, 0.15) is 0 Å². The van der Waals surface area contributed by atoms with Crippen LogP contribution in [0.2, 0.25) is 0 Å². The van der Waals surface area contributed by atoms with Crippen molar-refractivity contribution >= 4 is 11.3 Å². The Morgan fingerprint density at radius 2 is 1.71 bits per heavy atom. The second-order valence-corrected chi connectivity index (χ2v) is 7.68. The number of aromatic nitrogens is 1. The van der Waals surface area contributed by atoms with Crippen molar-refractivity contribution in [3.05, 3.63) is 15.6 Å². The van der Waals surface area contributed by atoms with Crippen LogP contribution in [0.4, 0.5) is 0 Å². The number of rotatable bonds is 3. The maximum absolute atomic E-state index is 4.78. The van der Waals surface area contributed by atoms with Gasteiger partial charge in [-0.2, -0.15) is 0 Å². The van der Waals surface area contributed by atoms with Gasteiger partial charge < -0.3 is 5.32 Å². The molecule has 1 rings (SSSR count). The van der Waals surface area contributed by atoms with Crippen molar-refractivity contribution in [3.8, 4) is 0 Å². The zero-order valence-electron chi connectivity index (χ0n) is 12.3. The molecule has 0 fully saturated rings. The van der Waals surface area contributed by atoms with Gasteiger partial charge in [-0.05, 0) is 27.2 Å². The number of nitrogens with zero attached hydrogens (tertiary/aromatic N) is 1. The first-order chi connectivity index (χ1) is 7.63. The molecule has 1 aromatic heterocycles. The molecule has 0 aliphatic carbocycles. The highest BCUT2D eigenvalue weighted by Crippen LogP contribution is 2.29. The molecule has 2 nitrogen and oxygen atoms in total. The van der Waals surface area contributed by atoms with Crippen LogP contribution in [0.25, 0.3) is 0 Å². The molecular formula is C14H26N2S. The van der Waals surface area contributed by atoms with E-state index in [9.17, 15) is 0 Å². The Bertz CT molecular complexity index is 367. The molecule has 1 aromatic rings. The van der Waals surface area contributed by atoms with E-state index in [0.29, 0.717) is 0 Å². The number of aryl methyl sites for hydroxylation is 1. The standard InChI is InChI=1S/C14H26N2S/c1-8-10-11(9-15-14(5,6)7)17-12(16-10)13(2,3)4/h15H,8-9H2,1-7H3. The molecule has 0 unspecified atom stereocenters. The van der Waals surface area contributed by atoms with Gasteiger partial charge in [-0.1, -0.05) is 27.7 Å². The molecule has 1 heterocycles. The minimum Gasteiger partial charge on any atom is -0.307 e. The Hall–Kier alpha value is -0.410. The van der Waals surface area contributed by atoms with Gasteiger partial charge in [0.2, 0.25) is 0 Å². The van der Waals surface area contributed by atoms with Crippen LogP contribution < -0.4 is 5.32 Å². The first-order valence-electron chi connectivity index (χ1n) is 6.37. The molecule has 0 spiro atoms. The fourth-order valence-corrected chi connectivity index (χ4v) is 2.61. The summed E-state index contributed by atoms with van der Waals surface area (Å²) in [6.07, 6.45) is 1.02. The molecule has 0 atom stereocenters. The van der Waals surface area contributed by atoms with Gasteiger partial charge in [0.05, 0.1) is 10.7 Å². The van der Waals surface area contributed by atoms with E-state index in [1.807, 2.05) is 11.3 Å². The van der Waals surface area contributed by atoms with Gasteiger partial charge in [-0.3, -0.25) is 0 Å². The van der Waals surface area contributed by atoms with Crippen LogP contribution in [0.1, 0.15) is 64.0 Å². The lowest BCUT2D eigenvalue weighted by Crippen LogP contribution is -2.35. The van der Waals surface area contributed by atoms with Crippen molar-refractivity contribution in [1.82, 2.24) is 10.3 Å². The normalized spacial score (nSPS) is 13.1. The van der Waals surface area contributed by atoms with Crippen LogP contribution in [0.15, 0.2) is 0 Å². The summed E-state index contributed by atoms with van der Waals surface area (Å²) in [5, 5.41) is 4.80. The Balaban J connectivity index is 2.88. The fraction of sp³-hybridized carbons (Fsp3) is 0.786. The van der Waals surface area contributed by atoms with E-state index in [2.05, 4.69) is 53.8 Å². The first kappa shape index (κ1) is 14.7. The molecule has 3 heteroatoms. The number of hydrogen-bond acceptors (Lipinski definition) is 3. The number of thiazole rings is 1. The van der Waals surface area contributed by atoms with Crippen molar-refractivity contribution < 1.29 is 0 Å². The third-order valence-corrected chi connectivity index (χ3v) is 4.06. The zero-order valence-corrected chi connectivity index (χ0v) is 13.1. The lowest BCUT2D eigenvalue weighted by atomic mass is 9.98. The van der Waals surface area contributed by atoms with Gasteiger partial charge in [-0.25, -0.2) is 4.98 Å². The minimum atomic E-state index is 0.161. The van der Waals surface area contributed by atoms with Crippen molar-refractivity contribution in [2.24, 2.45) is 0 Å². The maximum atomic E-state index is 4.78.